The van der Waals surface area contributed by atoms with Crippen molar-refractivity contribution >= 4 is 22.8 Å². The van der Waals surface area contributed by atoms with Gasteiger partial charge < -0.3 is 4.74 Å². The molecule has 1 fully saturated rings. The maximum atomic E-state index is 6.54. The van der Waals surface area contributed by atoms with Gasteiger partial charge in [0.05, 0.1) is 23.6 Å². The molecule has 2 aromatic carbocycles. The fourth-order valence-electron chi connectivity index (χ4n) is 4.37. The van der Waals surface area contributed by atoms with E-state index < -0.39 is 0 Å². The molecule has 3 heteroatoms. The van der Waals surface area contributed by atoms with Crippen LogP contribution in [-0.2, 0) is 15.6 Å². The third-order valence-electron chi connectivity index (χ3n) is 6.21. The maximum absolute atomic E-state index is 6.54. The summed E-state index contributed by atoms with van der Waals surface area (Å²) in [6, 6.07) is 16.9. The molecule has 0 radical (unpaired) electrons. The quantitative estimate of drug-likeness (QED) is 0.449. The van der Waals surface area contributed by atoms with Gasteiger partial charge in [-0.25, -0.2) is 0 Å². The molecular weight excluding hydrogens is 392 g/mol. The van der Waals surface area contributed by atoms with Crippen LogP contribution in [0.2, 0.25) is 0 Å². The van der Waals surface area contributed by atoms with Gasteiger partial charge in [-0.05, 0) is 67.2 Å². The number of hydrogen-bond donors (Lipinski definition) is 0. The summed E-state index contributed by atoms with van der Waals surface area (Å²) in [5.41, 5.74) is 6.84. The molecule has 3 rings (SSSR count). The Kier molecular flexibility index (Phi) is 7.39. The highest BCUT2D eigenvalue weighted by Crippen LogP contribution is 2.34. The van der Waals surface area contributed by atoms with Crippen LogP contribution in [0.25, 0.3) is 0 Å². The zero-order chi connectivity index (χ0) is 23.5. The third kappa shape index (κ3) is 5.95. The van der Waals surface area contributed by atoms with Gasteiger partial charge in [0.2, 0.25) is 0 Å². The van der Waals surface area contributed by atoms with Crippen LogP contribution >= 0.6 is 0 Å². The Morgan fingerprint density at radius 1 is 0.688 bits per heavy atom. The molecule has 0 N–H and O–H groups in total. The van der Waals surface area contributed by atoms with Crippen molar-refractivity contribution in [2.45, 2.75) is 97.7 Å². The van der Waals surface area contributed by atoms with E-state index >= 15 is 0 Å². The van der Waals surface area contributed by atoms with Crippen molar-refractivity contribution in [3.05, 3.63) is 59.7 Å². The minimum Gasteiger partial charge on any atom is -0.363 e. The van der Waals surface area contributed by atoms with Gasteiger partial charge in [0, 0.05) is 11.4 Å². The molecule has 2 aromatic rings. The van der Waals surface area contributed by atoms with E-state index in [0.29, 0.717) is 0 Å². The van der Waals surface area contributed by atoms with Crippen molar-refractivity contribution in [1.82, 2.24) is 0 Å². The number of nitrogens with zero attached hydrogens (tertiary/aromatic N) is 2. The van der Waals surface area contributed by atoms with Gasteiger partial charge in [0.25, 0.3) is 0 Å². The monoisotopic (exact) mass is 432 g/mol. The summed E-state index contributed by atoms with van der Waals surface area (Å²) in [4.78, 5) is 10.1. The van der Waals surface area contributed by atoms with Crippen LogP contribution < -0.4 is 0 Å². The van der Waals surface area contributed by atoms with Gasteiger partial charge in [-0.1, -0.05) is 77.9 Å². The van der Waals surface area contributed by atoms with E-state index in [1.54, 1.807) is 0 Å². The lowest BCUT2D eigenvalue weighted by Crippen LogP contribution is -2.36. The average Bonchev–Trinajstić information content (AvgIpc) is 2.73. The van der Waals surface area contributed by atoms with E-state index in [0.717, 1.165) is 42.1 Å². The van der Waals surface area contributed by atoms with Crippen molar-refractivity contribution in [2.24, 2.45) is 9.98 Å². The molecule has 0 bridgehead atoms. The number of para-hydroxylation sites is 2. The summed E-state index contributed by atoms with van der Waals surface area (Å²) in [5, 5.41) is 0. The molecule has 1 saturated heterocycles. The van der Waals surface area contributed by atoms with Crippen LogP contribution in [-0.4, -0.2) is 23.6 Å². The van der Waals surface area contributed by atoms with Gasteiger partial charge in [0.15, 0.2) is 0 Å². The molecule has 0 amide bonds. The molecule has 32 heavy (non-hydrogen) atoms. The Balaban J connectivity index is 1.82. The Morgan fingerprint density at radius 2 is 1.06 bits per heavy atom. The first-order valence-electron chi connectivity index (χ1n) is 11.9. The summed E-state index contributed by atoms with van der Waals surface area (Å²) >= 11 is 0. The Labute approximate surface area is 195 Å². The standard InChI is InChI=1S/C29H40N2O/c1-20(30-24-16-11-9-14-22(24)28(3,4)5)26-18-13-19-27(32-26)21(2)31-25-17-12-10-15-23(25)29(6,7)8/h9-12,14-17,26-27H,13,18-19H2,1-8H3/b30-20+,31-21+. The van der Waals surface area contributed by atoms with E-state index in [4.69, 9.17) is 14.7 Å². The highest BCUT2D eigenvalue weighted by molar-refractivity contribution is 5.92. The summed E-state index contributed by atoms with van der Waals surface area (Å²) < 4.78 is 6.54. The Hall–Kier alpha value is -2.26. The minimum absolute atomic E-state index is 0.0322. The second-order valence-corrected chi connectivity index (χ2v) is 11.1. The smallest absolute Gasteiger partial charge is 0.0962 e. The molecule has 0 aliphatic carbocycles. The molecule has 0 aromatic heterocycles. The van der Waals surface area contributed by atoms with Crippen LogP contribution in [0, 0.1) is 0 Å². The molecule has 0 spiro atoms. The predicted octanol–water partition coefficient (Wildman–Crippen LogP) is 8.10. The number of benzene rings is 2. The lowest BCUT2D eigenvalue weighted by molar-refractivity contribution is 0.0230. The summed E-state index contributed by atoms with van der Waals surface area (Å²) in [5.74, 6) is 0. The van der Waals surface area contributed by atoms with Crippen LogP contribution in [0.1, 0.15) is 85.8 Å². The van der Waals surface area contributed by atoms with E-state index in [9.17, 15) is 0 Å². The molecule has 1 heterocycles. The van der Waals surface area contributed by atoms with Gasteiger partial charge in [-0.3, -0.25) is 9.98 Å². The lowest BCUT2D eigenvalue weighted by atomic mass is 9.86. The molecule has 2 atom stereocenters. The molecule has 2 unspecified atom stereocenters. The van der Waals surface area contributed by atoms with Crippen molar-refractivity contribution < 1.29 is 4.74 Å². The van der Waals surface area contributed by atoms with E-state index in [1.807, 2.05) is 0 Å². The number of aliphatic imine (C=N–C) groups is 2. The molecule has 1 aliphatic heterocycles. The fraction of sp³-hybridized carbons (Fsp3) is 0.517. The first-order chi connectivity index (χ1) is 15.0. The summed E-state index contributed by atoms with van der Waals surface area (Å²) in [7, 11) is 0. The molecular formula is C29H40N2O. The highest BCUT2D eigenvalue weighted by Gasteiger charge is 2.27. The number of ether oxygens (including phenoxy) is 1. The zero-order valence-electron chi connectivity index (χ0n) is 21.2. The first-order valence-corrected chi connectivity index (χ1v) is 11.9. The summed E-state index contributed by atoms with van der Waals surface area (Å²) in [6.07, 6.45) is 3.20. The van der Waals surface area contributed by atoms with Crippen LogP contribution in [0.4, 0.5) is 11.4 Å². The Bertz CT molecular complexity index is 909. The SMILES string of the molecule is C/C(=N\c1ccccc1C(C)(C)C)C1CCCC(/C(C)=N/c2ccccc2C(C)(C)C)O1. The second kappa shape index (κ2) is 9.70. The average molecular weight is 433 g/mol. The van der Waals surface area contributed by atoms with Crippen LogP contribution in [0.3, 0.4) is 0 Å². The normalized spacial score (nSPS) is 21.0. The Morgan fingerprint density at radius 3 is 1.44 bits per heavy atom. The van der Waals surface area contributed by atoms with Crippen LogP contribution in [0.5, 0.6) is 0 Å². The van der Waals surface area contributed by atoms with Gasteiger partial charge in [-0.2, -0.15) is 0 Å². The topological polar surface area (TPSA) is 34.0 Å². The van der Waals surface area contributed by atoms with Crippen molar-refractivity contribution in [2.75, 3.05) is 0 Å². The van der Waals surface area contributed by atoms with Gasteiger partial charge >= 0.3 is 0 Å². The zero-order valence-corrected chi connectivity index (χ0v) is 21.2. The highest BCUT2D eigenvalue weighted by atomic mass is 16.5. The number of hydrogen-bond acceptors (Lipinski definition) is 3. The van der Waals surface area contributed by atoms with E-state index in [2.05, 4.69) is 104 Å². The molecule has 3 nitrogen and oxygen atoms in total. The number of rotatable bonds is 4. The predicted molar refractivity (Wildman–Crippen MR) is 138 cm³/mol. The van der Waals surface area contributed by atoms with Crippen molar-refractivity contribution in [1.29, 1.82) is 0 Å². The third-order valence-corrected chi connectivity index (χ3v) is 6.21. The fourth-order valence-corrected chi connectivity index (χ4v) is 4.37. The largest absolute Gasteiger partial charge is 0.363 e. The minimum atomic E-state index is 0.0322. The first kappa shape index (κ1) is 24.4. The van der Waals surface area contributed by atoms with Gasteiger partial charge in [0.1, 0.15) is 0 Å². The molecule has 1 aliphatic rings. The molecule has 0 saturated carbocycles. The van der Waals surface area contributed by atoms with Gasteiger partial charge in [-0.15, -0.1) is 0 Å². The van der Waals surface area contributed by atoms with E-state index in [-0.39, 0.29) is 23.0 Å². The van der Waals surface area contributed by atoms with Crippen LogP contribution in [0.15, 0.2) is 58.5 Å². The lowest BCUT2D eigenvalue weighted by Gasteiger charge is -2.31. The van der Waals surface area contributed by atoms with Crippen molar-refractivity contribution in [3.8, 4) is 0 Å². The molecule has 172 valence electrons. The summed E-state index contributed by atoms with van der Waals surface area (Å²) in [6.45, 7) is 17.6. The van der Waals surface area contributed by atoms with Crippen molar-refractivity contribution in [3.63, 3.8) is 0 Å². The maximum Gasteiger partial charge on any atom is 0.0962 e. The second-order valence-electron chi connectivity index (χ2n) is 11.1. The van der Waals surface area contributed by atoms with E-state index in [1.165, 1.54) is 11.1 Å².